The fraction of sp³-hybridized carbons (Fsp3) is 0.188. The molecule has 1 atom stereocenters. The molecule has 22 heavy (non-hydrogen) atoms. The van der Waals surface area contributed by atoms with E-state index < -0.39 is 12.0 Å². The van der Waals surface area contributed by atoms with Crippen molar-refractivity contribution in [1.29, 1.82) is 0 Å². The molecule has 1 heterocycles. The van der Waals surface area contributed by atoms with Gasteiger partial charge < -0.3 is 15.3 Å². The van der Waals surface area contributed by atoms with E-state index in [1.54, 1.807) is 48.7 Å². The Hall–Kier alpha value is -2.73. The molecule has 6 nitrogen and oxygen atoms in total. The minimum atomic E-state index is -0.968. The number of aromatic nitrogens is 1. The lowest BCUT2D eigenvalue weighted by Crippen LogP contribution is -2.29. The molecule has 2 N–H and O–H groups in total. The lowest BCUT2D eigenvalue weighted by molar-refractivity contribution is -0.114. The number of aliphatic hydroxyl groups is 1. The number of oxime groups is 1. The van der Waals surface area contributed by atoms with Gasteiger partial charge in [-0.1, -0.05) is 35.5 Å². The van der Waals surface area contributed by atoms with Gasteiger partial charge in [-0.3, -0.25) is 9.78 Å². The standard InChI is InChI=1S/C16H17N3O3/c1-17-16(21)14(19-22-2)11-7-3-4-8-12(11)15(20)13-9-5-6-10-18-13/h3-10,15,20H,1-2H3,(H,17,21). The van der Waals surface area contributed by atoms with Gasteiger partial charge in [-0.2, -0.15) is 0 Å². The van der Waals surface area contributed by atoms with Crippen LogP contribution in [-0.4, -0.2) is 35.9 Å². The zero-order chi connectivity index (χ0) is 15.9. The Labute approximate surface area is 128 Å². The van der Waals surface area contributed by atoms with Gasteiger partial charge in [0, 0.05) is 18.8 Å². The minimum absolute atomic E-state index is 0.0931. The molecule has 0 saturated carbocycles. The molecule has 0 spiro atoms. The smallest absolute Gasteiger partial charge is 0.273 e. The van der Waals surface area contributed by atoms with Gasteiger partial charge in [0.25, 0.3) is 5.91 Å². The molecule has 0 radical (unpaired) electrons. The molecular formula is C16H17N3O3. The lowest BCUT2D eigenvalue weighted by atomic mass is 9.96. The van der Waals surface area contributed by atoms with Crippen LogP contribution in [0.4, 0.5) is 0 Å². The fourth-order valence-electron chi connectivity index (χ4n) is 2.07. The third-order valence-electron chi connectivity index (χ3n) is 3.10. The molecule has 1 amide bonds. The first-order chi connectivity index (χ1) is 10.7. The monoisotopic (exact) mass is 299 g/mol. The highest BCUT2D eigenvalue weighted by Crippen LogP contribution is 2.24. The summed E-state index contributed by atoms with van der Waals surface area (Å²) in [6, 6.07) is 12.2. The number of rotatable bonds is 5. The molecule has 0 aliphatic heterocycles. The highest BCUT2D eigenvalue weighted by molar-refractivity contribution is 6.45. The number of pyridine rings is 1. The summed E-state index contributed by atoms with van der Waals surface area (Å²) in [5.74, 6) is -0.400. The molecule has 114 valence electrons. The Balaban J connectivity index is 2.50. The van der Waals surface area contributed by atoms with Crippen LogP contribution in [0.15, 0.2) is 53.8 Å². The summed E-state index contributed by atoms with van der Waals surface area (Å²) in [7, 11) is 2.87. The van der Waals surface area contributed by atoms with E-state index in [4.69, 9.17) is 4.84 Å². The first-order valence-electron chi connectivity index (χ1n) is 6.70. The molecular weight excluding hydrogens is 282 g/mol. The Morgan fingerprint density at radius 3 is 2.64 bits per heavy atom. The zero-order valence-corrected chi connectivity index (χ0v) is 12.4. The number of hydrogen-bond acceptors (Lipinski definition) is 5. The van der Waals surface area contributed by atoms with Gasteiger partial charge >= 0.3 is 0 Å². The van der Waals surface area contributed by atoms with E-state index in [-0.39, 0.29) is 5.71 Å². The molecule has 2 aromatic rings. The molecule has 1 aromatic heterocycles. The third-order valence-corrected chi connectivity index (χ3v) is 3.10. The molecule has 1 aromatic carbocycles. The number of amides is 1. The van der Waals surface area contributed by atoms with Crippen LogP contribution >= 0.6 is 0 Å². The van der Waals surface area contributed by atoms with E-state index in [9.17, 15) is 9.90 Å². The minimum Gasteiger partial charge on any atom is -0.398 e. The van der Waals surface area contributed by atoms with E-state index in [0.717, 1.165) is 0 Å². The summed E-state index contributed by atoms with van der Waals surface area (Å²) in [5, 5.41) is 16.8. The van der Waals surface area contributed by atoms with Crippen molar-refractivity contribution in [3.63, 3.8) is 0 Å². The van der Waals surface area contributed by atoms with Crippen LogP contribution in [0.1, 0.15) is 22.9 Å². The van der Waals surface area contributed by atoms with Crippen LogP contribution < -0.4 is 5.32 Å². The first-order valence-corrected chi connectivity index (χ1v) is 6.70. The average molecular weight is 299 g/mol. The molecule has 0 aliphatic rings. The number of benzene rings is 1. The van der Waals surface area contributed by atoms with Gasteiger partial charge in [0.15, 0.2) is 5.71 Å². The van der Waals surface area contributed by atoms with Gasteiger partial charge in [-0.05, 0) is 17.7 Å². The van der Waals surface area contributed by atoms with E-state index in [2.05, 4.69) is 15.5 Å². The molecule has 2 rings (SSSR count). The van der Waals surface area contributed by atoms with E-state index in [0.29, 0.717) is 16.8 Å². The van der Waals surface area contributed by atoms with Gasteiger partial charge in [-0.15, -0.1) is 0 Å². The first kappa shape index (κ1) is 15.7. The number of nitrogens with zero attached hydrogens (tertiary/aromatic N) is 2. The molecule has 1 unspecified atom stereocenters. The number of carbonyl (C=O) groups excluding carboxylic acids is 1. The Kier molecular flexibility index (Phi) is 5.21. The second-order valence-electron chi connectivity index (χ2n) is 4.45. The molecule has 6 heteroatoms. The largest absolute Gasteiger partial charge is 0.398 e. The second-order valence-corrected chi connectivity index (χ2v) is 4.45. The second kappa shape index (κ2) is 7.33. The predicted octanol–water partition coefficient (Wildman–Crippen LogP) is 1.26. The number of hydrogen-bond donors (Lipinski definition) is 2. The molecule has 0 aliphatic carbocycles. The van der Waals surface area contributed by atoms with Gasteiger partial charge in [-0.25, -0.2) is 0 Å². The van der Waals surface area contributed by atoms with Crippen molar-refractivity contribution in [3.05, 3.63) is 65.5 Å². The number of aliphatic hydroxyl groups excluding tert-OH is 1. The summed E-state index contributed by atoms with van der Waals surface area (Å²) >= 11 is 0. The zero-order valence-electron chi connectivity index (χ0n) is 12.4. The fourth-order valence-corrected chi connectivity index (χ4v) is 2.07. The summed E-state index contributed by atoms with van der Waals surface area (Å²) in [6.07, 6.45) is 0.633. The van der Waals surface area contributed by atoms with Crippen molar-refractivity contribution in [2.24, 2.45) is 5.16 Å². The van der Waals surface area contributed by atoms with E-state index in [1.165, 1.54) is 14.2 Å². The molecule has 0 bridgehead atoms. The van der Waals surface area contributed by atoms with Gasteiger partial charge in [0.05, 0.1) is 5.69 Å². The maximum absolute atomic E-state index is 12.0. The number of carbonyl (C=O) groups is 1. The van der Waals surface area contributed by atoms with E-state index in [1.807, 2.05) is 0 Å². The molecule has 0 saturated heterocycles. The average Bonchev–Trinajstić information content (AvgIpc) is 2.59. The number of nitrogens with one attached hydrogen (secondary N) is 1. The Bertz CT molecular complexity index is 671. The summed E-state index contributed by atoms with van der Waals surface area (Å²) in [5.41, 5.74) is 1.60. The van der Waals surface area contributed by atoms with Crippen molar-refractivity contribution in [1.82, 2.24) is 10.3 Å². The maximum Gasteiger partial charge on any atom is 0.273 e. The van der Waals surface area contributed by atoms with Crippen molar-refractivity contribution >= 4 is 11.6 Å². The van der Waals surface area contributed by atoms with Crippen molar-refractivity contribution in [2.45, 2.75) is 6.10 Å². The van der Waals surface area contributed by atoms with Gasteiger partial charge in [0.2, 0.25) is 0 Å². The predicted molar refractivity (Wildman–Crippen MR) is 82.4 cm³/mol. The highest BCUT2D eigenvalue weighted by Gasteiger charge is 2.22. The highest BCUT2D eigenvalue weighted by atomic mass is 16.6. The van der Waals surface area contributed by atoms with Crippen LogP contribution in [0.25, 0.3) is 0 Å². The van der Waals surface area contributed by atoms with Crippen molar-refractivity contribution in [3.8, 4) is 0 Å². The Morgan fingerprint density at radius 2 is 2.00 bits per heavy atom. The number of likely N-dealkylation sites (N-methyl/N-ethyl adjacent to an activating group) is 1. The van der Waals surface area contributed by atoms with Crippen LogP contribution in [0.2, 0.25) is 0 Å². The summed E-state index contributed by atoms with van der Waals surface area (Å²) in [6.45, 7) is 0. The lowest BCUT2D eigenvalue weighted by Gasteiger charge is -2.15. The van der Waals surface area contributed by atoms with Crippen LogP contribution in [-0.2, 0) is 9.63 Å². The van der Waals surface area contributed by atoms with Crippen LogP contribution in [0.5, 0.6) is 0 Å². The summed E-state index contributed by atoms with van der Waals surface area (Å²) in [4.78, 5) is 20.9. The van der Waals surface area contributed by atoms with Crippen LogP contribution in [0.3, 0.4) is 0 Å². The molecule has 0 fully saturated rings. The SMILES string of the molecule is CNC(=O)C(=NOC)c1ccccc1C(O)c1ccccn1. The normalized spacial score (nSPS) is 12.6. The topological polar surface area (TPSA) is 83.8 Å². The maximum atomic E-state index is 12.0. The quantitative estimate of drug-likeness (QED) is 0.643. The third kappa shape index (κ3) is 3.29. The van der Waals surface area contributed by atoms with E-state index >= 15 is 0 Å². The van der Waals surface area contributed by atoms with Crippen molar-refractivity contribution < 1.29 is 14.7 Å². The van der Waals surface area contributed by atoms with Crippen molar-refractivity contribution in [2.75, 3.05) is 14.2 Å². The van der Waals surface area contributed by atoms with Crippen LogP contribution in [0, 0.1) is 0 Å². The Morgan fingerprint density at radius 1 is 1.27 bits per heavy atom. The summed E-state index contributed by atoms with van der Waals surface area (Å²) < 4.78 is 0. The van der Waals surface area contributed by atoms with Gasteiger partial charge in [0.1, 0.15) is 13.2 Å².